The van der Waals surface area contributed by atoms with E-state index in [4.69, 9.17) is 10.5 Å². The summed E-state index contributed by atoms with van der Waals surface area (Å²) in [6.45, 7) is 5.88. The van der Waals surface area contributed by atoms with Gasteiger partial charge in [0.25, 0.3) is 11.8 Å². The van der Waals surface area contributed by atoms with Crippen molar-refractivity contribution in [1.29, 1.82) is 0 Å². The van der Waals surface area contributed by atoms with Gasteiger partial charge in [0.05, 0.1) is 11.3 Å². The molecule has 2 amide bonds. The van der Waals surface area contributed by atoms with E-state index in [1.807, 2.05) is 24.3 Å². The topological polar surface area (TPSA) is 81.4 Å². The zero-order valence-corrected chi connectivity index (χ0v) is 14.1. The molecule has 5 heteroatoms. The van der Waals surface area contributed by atoms with Crippen LogP contribution in [0.3, 0.4) is 0 Å². The minimum Gasteiger partial charge on any atom is -0.481 e. The number of para-hydroxylation sites is 1. The first-order valence-corrected chi connectivity index (χ1v) is 7.84. The Morgan fingerprint density at radius 2 is 1.62 bits per heavy atom. The van der Waals surface area contributed by atoms with Crippen molar-refractivity contribution in [3.63, 3.8) is 0 Å². The largest absolute Gasteiger partial charge is 0.481 e. The number of rotatable bonds is 6. The van der Waals surface area contributed by atoms with Crippen molar-refractivity contribution in [2.24, 2.45) is 5.73 Å². The van der Waals surface area contributed by atoms with Gasteiger partial charge >= 0.3 is 0 Å². The summed E-state index contributed by atoms with van der Waals surface area (Å²) in [6, 6.07) is 14.2. The van der Waals surface area contributed by atoms with E-state index in [-0.39, 0.29) is 11.5 Å². The molecule has 2 aromatic carbocycles. The lowest BCUT2D eigenvalue weighted by molar-refractivity contribution is -0.122. The smallest absolute Gasteiger partial charge is 0.265 e. The Hall–Kier alpha value is -2.82. The van der Waals surface area contributed by atoms with Gasteiger partial charge < -0.3 is 15.8 Å². The summed E-state index contributed by atoms with van der Waals surface area (Å²) in [5.41, 5.74) is 7.15. The van der Waals surface area contributed by atoms with Crippen molar-refractivity contribution in [1.82, 2.24) is 0 Å². The van der Waals surface area contributed by atoms with E-state index in [0.29, 0.717) is 17.4 Å². The summed E-state index contributed by atoms with van der Waals surface area (Å²) in [7, 11) is 0. The number of amides is 2. The van der Waals surface area contributed by atoms with Crippen LogP contribution in [-0.2, 0) is 4.79 Å². The maximum Gasteiger partial charge on any atom is 0.265 e. The van der Waals surface area contributed by atoms with E-state index in [9.17, 15) is 9.59 Å². The minimum atomic E-state index is -0.712. The van der Waals surface area contributed by atoms with E-state index in [2.05, 4.69) is 19.2 Å². The Labute approximate surface area is 141 Å². The van der Waals surface area contributed by atoms with Crippen LogP contribution in [-0.4, -0.2) is 17.9 Å². The van der Waals surface area contributed by atoms with Crippen LogP contribution in [0, 0.1) is 0 Å². The fourth-order valence-electron chi connectivity index (χ4n) is 2.23. The van der Waals surface area contributed by atoms with Gasteiger partial charge in [-0.05, 0) is 42.7 Å². The first kappa shape index (κ1) is 17.5. The van der Waals surface area contributed by atoms with Crippen LogP contribution in [0.5, 0.6) is 5.75 Å². The van der Waals surface area contributed by atoms with Crippen LogP contribution in [0.15, 0.2) is 48.5 Å². The van der Waals surface area contributed by atoms with Crippen molar-refractivity contribution in [2.45, 2.75) is 32.8 Å². The number of hydrogen-bond acceptors (Lipinski definition) is 3. The third kappa shape index (κ3) is 4.35. The Bertz CT molecular complexity index is 724. The number of nitrogens with one attached hydrogen (secondary N) is 1. The van der Waals surface area contributed by atoms with Crippen molar-refractivity contribution in [3.05, 3.63) is 59.7 Å². The van der Waals surface area contributed by atoms with Gasteiger partial charge in [0.2, 0.25) is 0 Å². The minimum absolute atomic E-state index is 0.263. The predicted octanol–water partition coefficient (Wildman–Crippen LogP) is 3.31. The van der Waals surface area contributed by atoms with Crippen LogP contribution in [0.1, 0.15) is 42.6 Å². The molecule has 2 rings (SSSR count). The number of primary amides is 1. The maximum atomic E-state index is 12.3. The second-order valence-electron chi connectivity index (χ2n) is 5.88. The third-order valence-electron chi connectivity index (χ3n) is 3.68. The van der Waals surface area contributed by atoms with E-state index >= 15 is 0 Å². The Kier molecular flexibility index (Phi) is 5.58. The second-order valence-corrected chi connectivity index (χ2v) is 5.88. The summed E-state index contributed by atoms with van der Waals surface area (Å²) in [4.78, 5) is 23.7. The van der Waals surface area contributed by atoms with Gasteiger partial charge in [-0.15, -0.1) is 0 Å². The number of hydrogen-bond donors (Lipinski definition) is 2. The lowest BCUT2D eigenvalue weighted by Crippen LogP contribution is -2.31. The Balaban J connectivity index is 2.03. The van der Waals surface area contributed by atoms with Crippen molar-refractivity contribution in [2.75, 3.05) is 5.32 Å². The molecule has 0 aliphatic carbocycles. The number of anilines is 1. The predicted molar refractivity (Wildman–Crippen MR) is 94.2 cm³/mol. The third-order valence-corrected chi connectivity index (χ3v) is 3.68. The number of benzene rings is 2. The van der Waals surface area contributed by atoms with E-state index < -0.39 is 12.0 Å². The molecule has 1 atom stereocenters. The molecule has 0 aliphatic heterocycles. The molecule has 2 aromatic rings. The van der Waals surface area contributed by atoms with Crippen LogP contribution < -0.4 is 15.8 Å². The molecule has 0 bridgehead atoms. The first-order chi connectivity index (χ1) is 11.4. The van der Waals surface area contributed by atoms with Crippen LogP contribution >= 0.6 is 0 Å². The molecule has 0 spiro atoms. The van der Waals surface area contributed by atoms with E-state index in [1.54, 1.807) is 31.2 Å². The van der Waals surface area contributed by atoms with Crippen molar-refractivity contribution < 1.29 is 14.3 Å². The molecule has 3 N–H and O–H groups in total. The van der Waals surface area contributed by atoms with Crippen LogP contribution in [0.4, 0.5) is 5.69 Å². The average Bonchev–Trinajstić information content (AvgIpc) is 2.55. The highest BCUT2D eigenvalue weighted by molar-refractivity contribution is 6.03. The highest BCUT2D eigenvalue weighted by Gasteiger charge is 2.17. The summed E-state index contributed by atoms with van der Waals surface area (Å²) in [6.07, 6.45) is -0.712. The van der Waals surface area contributed by atoms with Gasteiger partial charge in [-0.2, -0.15) is 0 Å². The molecule has 0 heterocycles. The van der Waals surface area contributed by atoms with Gasteiger partial charge in [-0.3, -0.25) is 9.59 Å². The second kappa shape index (κ2) is 7.64. The van der Waals surface area contributed by atoms with Crippen LogP contribution in [0.2, 0.25) is 0 Å². The summed E-state index contributed by atoms with van der Waals surface area (Å²) < 4.78 is 5.66. The van der Waals surface area contributed by atoms with Gasteiger partial charge in [-0.25, -0.2) is 0 Å². The number of nitrogens with two attached hydrogens (primary N) is 1. The molecule has 0 saturated carbocycles. The highest BCUT2D eigenvalue weighted by atomic mass is 16.5. The first-order valence-electron chi connectivity index (χ1n) is 7.84. The molecule has 126 valence electrons. The lowest BCUT2D eigenvalue weighted by Gasteiger charge is -2.16. The van der Waals surface area contributed by atoms with E-state index in [0.717, 1.165) is 0 Å². The molecular weight excluding hydrogens is 304 g/mol. The maximum absolute atomic E-state index is 12.3. The molecule has 5 nitrogen and oxygen atoms in total. The van der Waals surface area contributed by atoms with Crippen LogP contribution in [0.25, 0.3) is 0 Å². The molecule has 0 aromatic heterocycles. The van der Waals surface area contributed by atoms with Gasteiger partial charge in [0.15, 0.2) is 6.10 Å². The zero-order valence-electron chi connectivity index (χ0n) is 14.1. The molecule has 0 radical (unpaired) electrons. The number of carbonyl (C=O) groups excluding carboxylic acids is 2. The standard InChI is InChI=1S/C19H22N2O3/c1-12(2)14-8-10-15(11-9-14)24-13(3)19(23)21-17-7-5-4-6-16(17)18(20)22/h4-13H,1-3H3,(H2,20,22)(H,21,23). The normalized spacial score (nSPS) is 11.8. The molecule has 0 fully saturated rings. The monoisotopic (exact) mass is 326 g/mol. The molecule has 0 aliphatic rings. The molecule has 24 heavy (non-hydrogen) atoms. The summed E-state index contributed by atoms with van der Waals surface area (Å²) in [5, 5.41) is 2.68. The van der Waals surface area contributed by atoms with Crippen molar-refractivity contribution >= 4 is 17.5 Å². The summed E-state index contributed by atoms with van der Waals surface area (Å²) >= 11 is 0. The Morgan fingerprint density at radius 1 is 1.00 bits per heavy atom. The van der Waals surface area contributed by atoms with Gasteiger partial charge in [-0.1, -0.05) is 38.1 Å². The quantitative estimate of drug-likeness (QED) is 0.854. The highest BCUT2D eigenvalue weighted by Crippen LogP contribution is 2.20. The average molecular weight is 326 g/mol. The van der Waals surface area contributed by atoms with Gasteiger partial charge in [0, 0.05) is 0 Å². The zero-order chi connectivity index (χ0) is 17.7. The number of ether oxygens (including phenoxy) is 1. The molecule has 0 saturated heterocycles. The van der Waals surface area contributed by atoms with E-state index in [1.165, 1.54) is 5.56 Å². The van der Waals surface area contributed by atoms with Crippen molar-refractivity contribution in [3.8, 4) is 5.75 Å². The number of carbonyl (C=O) groups is 2. The fourth-order valence-corrected chi connectivity index (χ4v) is 2.23. The molecule has 1 unspecified atom stereocenters. The lowest BCUT2D eigenvalue weighted by atomic mass is 10.0. The molecular formula is C19H22N2O3. The Morgan fingerprint density at radius 3 is 2.21 bits per heavy atom. The van der Waals surface area contributed by atoms with Gasteiger partial charge in [0.1, 0.15) is 5.75 Å². The fraction of sp³-hybridized carbons (Fsp3) is 0.263. The summed E-state index contributed by atoms with van der Waals surface area (Å²) in [5.74, 6) is 0.107. The SMILES string of the molecule is CC(Oc1ccc(C(C)C)cc1)C(=O)Nc1ccccc1C(N)=O.